The van der Waals surface area contributed by atoms with Crippen molar-refractivity contribution in [2.45, 2.75) is 32.8 Å². The number of carbonyl (C=O) groups is 2. The molecule has 0 heterocycles. The highest BCUT2D eigenvalue weighted by Gasteiger charge is 2.17. The number of rotatable bonds is 6. The predicted molar refractivity (Wildman–Crippen MR) is 47.0 cm³/mol. The number of Topliss-reactive ketones (excluding diaryl/α,β-unsaturated/α-hetero) is 1. The molecule has 78 valence electrons. The average Bonchev–Trinajstić information content (AvgIpc) is 2.12. The van der Waals surface area contributed by atoms with Crippen molar-refractivity contribution in [2.75, 3.05) is 6.61 Å². The lowest BCUT2D eigenvalue weighted by Crippen LogP contribution is -2.21. The van der Waals surface area contributed by atoms with Gasteiger partial charge in [-0.3, -0.25) is 9.59 Å². The summed E-state index contributed by atoms with van der Waals surface area (Å²) in [6, 6.07) is 0. The lowest BCUT2D eigenvalue weighted by Gasteiger charge is -2.09. The quantitative estimate of drug-likeness (QED) is 0.466. The Hall–Kier alpha value is -1.57. The fraction of sp³-hybridized carbons (Fsp3) is 0.667. The monoisotopic (exact) mass is 199 g/mol. The number of hydrogen-bond donors (Lipinski definition) is 0. The first-order valence-corrected chi connectivity index (χ1v) is 4.32. The molecule has 0 aliphatic carbocycles. The van der Waals surface area contributed by atoms with E-state index in [1.807, 2.05) is 0 Å². The zero-order valence-electron chi connectivity index (χ0n) is 8.28. The summed E-state index contributed by atoms with van der Waals surface area (Å²) in [5.41, 5.74) is 0. The molecule has 5 heteroatoms. The molecular weight excluding hydrogens is 186 g/mol. The van der Waals surface area contributed by atoms with E-state index in [-0.39, 0.29) is 24.6 Å². The highest BCUT2D eigenvalue weighted by Crippen LogP contribution is 2.04. The van der Waals surface area contributed by atoms with Crippen LogP contribution < -0.4 is 0 Å². The molecule has 1 atom stereocenters. The van der Waals surface area contributed by atoms with E-state index in [2.05, 4.69) is 9.47 Å². The molecule has 0 unspecified atom stereocenters. The molecule has 5 nitrogen and oxygen atoms in total. The SMILES string of the molecule is CCOC(=O)CC[C@H](OC#N)C(C)=O. The maximum Gasteiger partial charge on any atom is 0.305 e. The van der Waals surface area contributed by atoms with Gasteiger partial charge in [0.1, 0.15) is 0 Å². The Morgan fingerprint density at radius 2 is 2.14 bits per heavy atom. The summed E-state index contributed by atoms with van der Waals surface area (Å²) in [7, 11) is 0. The molecule has 0 fully saturated rings. The van der Waals surface area contributed by atoms with Gasteiger partial charge in [0.25, 0.3) is 6.26 Å². The molecule has 0 spiro atoms. The lowest BCUT2D eigenvalue weighted by atomic mass is 10.1. The van der Waals surface area contributed by atoms with Crippen LogP contribution in [0.4, 0.5) is 0 Å². The Morgan fingerprint density at radius 3 is 2.57 bits per heavy atom. The summed E-state index contributed by atoms with van der Waals surface area (Å²) in [5.74, 6) is -0.656. The molecule has 0 radical (unpaired) electrons. The summed E-state index contributed by atoms with van der Waals surface area (Å²) in [6.45, 7) is 3.32. The van der Waals surface area contributed by atoms with Crippen molar-refractivity contribution < 1.29 is 19.1 Å². The summed E-state index contributed by atoms with van der Waals surface area (Å²) in [6.07, 6.45) is 0.868. The fourth-order valence-corrected chi connectivity index (χ4v) is 0.891. The summed E-state index contributed by atoms with van der Waals surface area (Å²) >= 11 is 0. The van der Waals surface area contributed by atoms with Crippen molar-refractivity contribution in [3.8, 4) is 6.26 Å². The Balaban J connectivity index is 3.89. The predicted octanol–water partition coefficient (Wildman–Crippen LogP) is 0.785. The van der Waals surface area contributed by atoms with Gasteiger partial charge in [-0.2, -0.15) is 5.26 Å². The summed E-state index contributed by atoms with van der Waals surface area (Å²) in [4.78, 5) is 21.8. The van der Waals surface area contributed by atoms with Crippen LogP contribution in [0, 0.1) is 11.5 Å². The molecule has 0 amide bonds. The first-order chi connectivity index (χ1) is 6.61. The molecule has 0 aromatic carbocycles. The van der Waals surface area contributed by atoms with Crippen LogP contribution >= 0.6 is 0 Å². The topological polar surface area (TPSA) is 76.4 Å². The molecule has 14 heavy (non-hydrogen) atoms. The molecular formula is C9H13NO4. The average molecular weight is 199 g/mol. The number of ether oxygens (including phenoxy) is 2. The van der Waals surface area contributed by atoms with Gasteiger partial charge in [0.2, 0.25) is 0 Å². The van der Waals surface area contributed by atoms with Crippen LogP contribution in [0.5, 0.6) is 0 Å². The fourth-order valence-electron chi connectivity index (χ4n) is 0.891. The van der Waals surface area contributed by atoms with Gasteiger partial charge >= 0.3 is 5.97 Å². The van der Waals surface area contributed by atoms with Crippen LogP contribution in [0.25, 0.3) is 0 Å². The lowest BCUT2D eigenvalue weighted by molar-refractivity contribution is -0.144. The van der Waals surface area contributed by atoms with Crippen molar-refractivity contribution in [1.29, 1.82) is 5.26 Å². The van der Waals surface area contributed by atoms with Gasteiger partial charge in [0.15, 0.2) is 11.9 Å². The van der Waals surface area contributed by atoms with Crippen molar-refractivity contribution in [3.05, 3.63) is 0 Å². The first kappa shape index (κ1) is 12.4. The zero-order valence-corrected chi connectivity index (χ0v) is 8.28. The Morgan fingerprint density at radius 1 is 1.50 bits per heavy atom. The Kier molecular flexibility index (Phi) is 6.12. The van der Waals surface area contributed by atoms with E-state index in [1.54, 1.807) is 6.92 Å². The first-order valence-electron chi connectivity index (χ1n) is 4.32. The molecule has 0 bridgehead atoms. The minimum Gasteiger partial charge on any atom is -0.466 e. The number of hydrogen-bond acceptors (Lipinski definition) is 5. The number of nitrogens with zero attached hydrogens (tertiary/aromatic N) is 1. The van der Waals surface area contributed by atoms with Crippen LogP contribution in [0.3, 0.4) is 0 Å². The molecule has 0 N–H and O–H groups in total. The Bertz CT molecular complexity index is 244. The summed E-state index contributed by atoms with van der Waals surface area (Å²) < 4.78 is 9.14. The van der Waals surface area contributed by atoms with E-state index >= 15 is 0 Å². The van der Waals surface area contributed by atoms with Gasteiger partial charge in [-0.05, 0) is 13.8 Å². The van der Waals surface area contributed by atoms with Crippen molar-refractivity contribution in [1.82, 2.24) is 0 Å². The molecule has 0 saturated heterocycles. The number of nitriles is 1. The smallest absolute Gasteiger partial charge is 0.305 e. The zero-order chi connectivity index (χ0) is 11.0. The standard InChI is InChI=1S/C9H13NO4/c1-3-13-9(12)5-4-8(7(2)11)14-6-10/h8H,3-5H2,1-2H3/t8-/m0/s1. The third kappa shape index (κ3) is 5.14. The molecule has 0 aliphatic heterocycles. The third-order valence-electron chi connectivity index (χ3n) is 1.56. The second-order valence-electron chi connectivity index (χ2n) is 2.65. The van der Waals surface area contributed by atoms with E-state index in [9.17, 15) is 9.59 Å². The van der Waals surface area contributed by atoms with Crippen molar-refractivity contribution in [3.63, 3.8) is 0 Å². The van der Waals surface area contributed by atoms with Gasteiger partial charge < -0.3 is 9.47 Å². The Labute approximate surface area is 82.6 Å². The number of ketones is 1. The van der Waals surface area contributed by atoms with E-state index in [0.717, 1.165) is 0 Å². The number of esters is 1. The third-order valence-corrected chi connectivity index (χ3v) is 1.56. The van der Waals surface area contributed by atoms with Crippen LogP contribution in [-0.2, 0) is 19.1 Å². The minimum absolute atomic E-state index is 0.0831. The van der Waals surface area contributed by atoms with Gasteiger partial charge in [0.05, 0.1) is 6.61 Å². The maximum atomic E-state index is 10.9. The van der Waals surface area contributed by atoms with E-state index in [1.165, 1.54) is 13.2 Å². The highest BCUT2D eigenvalue weighted by molar-refractivity contribution is 5.81. The molecule has 0 aromatic heterocycles. The number of carbonyl (C=O) groups excluding carboxylic acids is 2. The summed E-state index contributed by atoms with van der Waals surface area (Å²) in [5, 5.41) is 8.21. The minimum atomic E-state index is -0.829. The second-order valence-corrected chi connectivity index (χ2v) is 2.65. The maximum absolute atomic E-state index is 10.9. The normalized spacial score (nSPS) is 11.2. The van der Waals surface area contributed by atoms with E-state index < -0.39 is 6.10 Å². The molecule has 0 rings (SSSR count). The highest BCUT2D eigenvalue weighted by atomic mass is 16.5. The van der Waals surface area contributed by atoms with Gasteiger partial charge in [0, 0.05) is 12.8 Å². The second kappa shape index (κ2) is 6.89. The van der Waals surface area contributed by atoms with Crippen molar-refractivity contribution in [2.24, 2.45) is 0 Å². The van der Waals surface area contributed by atoms with Crippen LogP contribution in [-0.4, -0.2) is 24.5 Å². The largest absolute Gasteiger partial charge is 0.466 e. The van der Waals surface area contributed by atoms with E-state index in [0.29, 0.717) is 6.61 Å². The van der Waals surface area contributed by atoms with Crippen molar-refractivity contribution >= 4 is 11.8 Å². The molecule has 0 saturated carbocycles. The van der Waals surface area contributed by atoms with Gasteiger partial charge in [-0.25, -0.2) is 0 Å². The van der Waals surface area contributed by atoms with Crippen LogP contribution in [0.2, 0.25) is 0 Å². The van der Waals surface area contributed by atoms with Crippen LogP contribution in [0.1, 0.15) is 26.7 Å². The van der Waals surface area contributed by atoms with Gasteiger partial charge in [-0.1, -0.05) is 0 Å². The van der Waals surface area contributed by atoms with Gasteiger partial charge in [-0.15, -0.1) is 0 Å². The van der Waals surface area contributed by atoms with Crippen LogP contribution in [0.15, 0.2) is 0 Å². The molecule has 0 aromatic rings. The molecule has 0 aliphatic rings. The van der Waals surface area contributed by atoms with E-state index in [4.69, 9.17) is 5.26 Å².